The number of ketones is 1. The Bertz CT molecular complexity index is 1030. The van der Waals surface area contributed by atoms with Crippen molar-refractivity contribution >= 4 is 35.3 Å². The predicted octanol–water partition coefficient (Wildman–Crippen LogP) is 0.601. The van der Waals surface area contributed by atoms with Crippen molar-refractivity contribution in [1.29, 1.82) is 0 Å². The highest BCUT2D eigenvalue weighted by Crippen LogP contribution is 2.56. The Hall–Kier alpha value is -2.27. The Morgan fingerprint density at radius 2 is 1.71 bits per heavy atom. The van der Waals surface area contributed by atoms with Gasteiger partial charge in [0, 0.05) is 25.2 Å². The van der Waals surface area contributed by atoms with Crippen molar-refractivity contribution in [2.75, 3.05) is 6.61 Å². The number of carbonyl (C=O) groups is 4. The van der Waals surface area contributed by atoms with Crippen molar-refractivity contribution in [3.05, 3.63) is 24.3 Å². The fourth-order valence-corrected chi connectivity index (χ4v) is 6.19. The molecule has 192 valence electrons. The lowest BCUT2D eigenvalue weighted by Gasteiger charge is -2.54. The van der Waals surface area contributed by atoms with E-state index in [-0.39, 0.29) is 6.61 Å². The molecule has 2 aliphatic heterocycles. The molecule has 4 aliphatic rings. The van der Waals surface area contributed by atoms with E-state index in [1.807, 2.05) is 0 Å². The first-order valence-electron chi connectivity index (χ1n) is 11.3. The lowest BCUT2D eigenvalue weighted by atomic mass is 9.55. The fraction of sp³-hybridized carbons (Fsp3) is 0.667. The molecule has 11 heteroatoms. The Morgan fingerprint density at radius 3 is 2.26 bits per heavy atom. The molecule has 2 heterocycles. The summed E-state index contributed by atoms with van der Waals surface area (Å²) >= 11 is 6.75. The molecule has 0 aromatic heterocycles. The summed E-state index contributed by atoms with van der Waals surface area (Å²) in [5.74, 6) is -5.66. The zero-order valence-electron chi connectivity index (χ0n) is 20.0. The minimum Gasteiger partial charge on any atom is -0.459 e. The molecule has 1 spiro atoms. The smallest absolute Gasteiger partial charge is 0.312 e. The number of hydrogen-bond donors (Lipinski definition) is 2. The van der Waals surface area contributed by atoms with E-state index < -0.39 is 81.4 Å². The third kappa shape index (κ3) is 3.73. The number of aliphatic hydroxyl groups is 2. The number of fused-ring (bicyclic) bond motifs is 2. The van der Waals surface area contributed by atoms with Crippen LogP contribution in [-0.2, 0) is 38.1 Å². The van der Waals surface area contributed by atoms with Crippen LogP contribution in [0.3, 0.4) is 0 Å². The number of hydrogen-bond acceptors (Lipinski definition) is 10. The molecule has 2 saturated heterocycles. The van der Waals surface area contributed by atoms with Gasteiger partial charge < -0.3 is 29.2 Å². The molecule has 0 aromatic rings. The fourth-order valence-electron chi connectivity index (χ4n) is 5.74. The van der Waals surface area contributed by atoms with Gasteiger partial charge in [-0.25, -0.2) is 0 Å². The van der Waals surface area contributed by atoms with Crippen LogP contribution < -0.4 is 0 Å². The minimum absolute atomic E-state index is 0.132. The first-order chi connectivity index (χ1) is 16.1. The molecule has 35 heavy (non-hydrogen) atoms. The molecule has 4 rings (SSSR count). The summed E-state index contributed by atoms with van der Waals surface area (Å²) < 4.78 is 22.4. The summed E-state index contributed by atoms with van der Waals surface area (Å²) in [6.07, 6.45) is 1.51. The molecular weight excluding hydrogens is 484 g/mol. The zero-order valence-corrected chi connectivity index (χ0v) is 20.8. The predicted molar refractivity (Wildman–Crippen MR) is 119 cm³/mol. The molecule has 10 atom stereocenters. The molecule has 0 aromatic carbocycles. The molecule has 2 fully saturated rings. The summed E-state index contributed by atoms with van der Waals surface area (Å²) in [6.45, 7) is 6.65. The van der Waals surface area contributed by atoms with E-state index in [1.54, 1.807) is 13.0 Å². The van der Waals surface area contributed by atoms with Gasteiger partial charge in [0.15, 0.2) is 17.5 Å². The molecule has 10 unspecified atom stereocenters. The van der Waals surface area contributed by atoms with E-state index >= 15 is 0 Å². The number of epoxide rings is 1. The standard InChI is InChI=1S/C24H29ClO10/c1-11-20(29)35-19-17(25)23(10-32-23)9-7-15(33-12(2)26)21(4)8-6-14(28)22(5,30)16(21)18(24(11,19)31)34-13(3)27/h6-9,11,15-19,30-31H,10H2,1-5H3. The van der Waals surface area contributed by atoms with Gasteiger partial charge in [-0.2, -0.15) is 0 Å². The van der Waals surface area contributed by atoms with Crippen LogP contribution in [0.15, 0.2) is 24.3 Å². The van der Waals surface area contributed by atoms with Crippen LogP contribution in [0, 0.1) is 17.3 Å². The molecule has 0 bridgehead atoms. The average molecular weight is 513 g/mol. The van der Waals surface area contributed by atoms with Gasteiger partial charge in [-0.1, -0.05) is 13.0 Å². The quantitative estimate of drug-likeness (QED) is 0.177. The van der Waals surface area contributed by atoms with Crippen LogP contribution in [0.4, 0.5) is 0 Å². The molecule has 2 N–H and O–H groups in total. The number of carbonyl (C=O) groups excluding carboxylic acids is 4. The summed E-state index contributed by atoms with van der Waals surface area (Å²) in [7, 11) is 0. The van der Waals surface area contributed by atoms with Gasteiger partial charge in [0.2, 0.25) is 0 Å². The third-order valence-corrected chi connectivity index (χ3v) is 8.43. The lowest BCUT2D eigenvalue weighted by Crippen LogP contribution is -2.70. The summed E-state index contributed by atoms with van der Waals surface area (Å²) in [5, 5.41) is 22.6. The highest BCUT2D eigenvalue weighted by atomic mass is 35.5. The normalized spacial score (nSPS) is 48.6. The highest BCUT2D eigenvalue weighted by Gasteiger charge is 2.72. The molecule has 0 radical (unpaired) electrons. The maximum absolute atomic E-state index is 12.9. The van der Waals surface area contributed by atoms with Gasteiger partial charge in [-0.15, -0.1) is 11.6 Å². The molecule has 2 aliphatic carbocycles. The van der Waals surface area contributed by atoms with Gasteiger partial charge in [-0.3, -0.25) is 19.2 Å². The Balaban J connectivity index is 2.05. The van der Waals surface area contributed by atoms with Gasteiger partial charge in [0.05, 0.1) is 12.5 Å². The highest BCUT2D eigenvalue weighted by molar-refractivity contribution is 6.22. The van der Waals surface area contributed by atoms with Crippen molar-refractivity contribution < 1.29 is 48.3 Å². The molecule has 10 nitrogen and oxygen atoms in total. The van der Waals surface area contributed by atoms with E-state index in [0.29, 0.717) is 0 Å². The van der Waals surface area contributed by atoms with Crippen molar-refractivity contribution in [3.8, 4) is 0 Å². The second kappa shape index (κ2) is 8.12. The summed E-state index contributed by atoms with van der Waals surface area (Å²) in [4.78, 5) is 50.1. The largest absolute Gasteiger partial charge is 0.459 e. The van der Waals surface area contributed by atoms with E-state index in [2.05, 4.69) is 0 Å². The number of halogens is 1. The Kier molecular flexibility index (Phi) is 5.99. The maximum Gasteiger partial charge on any atom is 0.312 e. The van der Waals surface area contributed by atoms with Crippen LogP contribution in [0.5, 0.6) is 0 Å². The van der Waals surface area contributed by atoms with Crippen molar-refractivity contribution in [3.63, 3.8) is 0 Å². The van der Waals surface area contributed by atoms with Crippen molar-refractivity contribution in [1.82, 2.24) is 0 Å². The Morgan fingerprint density at radius 1 is 1.11 bits per heavy atom. The van der Waals surface area contributed by atoms with E-state index in [0.717, 1.165) is 13.0 Å². The van der Waals surface area contributed by atoms with Gasteiger partial charge in [0.1, 0.15) is 28.8 Å². The number of rotatable bonds is 2. The van der Waals surface area contributed by atoms with Crippen molar-refractivity contribution in [2.45, 2.75) is 75.1 Å². The van der Waals surface area contributed by atoms with E-state index in [4.69, 9.17) is 30.5 Å². The summed E-state index contributed by atoms with van der Waals surface area (Å²) in [5.41, 5.74) is -7.05. The second-order valence-corrected chi connectivity index (χ2v) is 10.7. The lowest BCUT2D eigenvalue weighted by molar-refractivity contribution is -0.225. The summed E-state index contributed by atoms with van der Waals surface area (Å²) in [6, 6.07) is 0. The first kappa shape index (κ1) is 25.8. The average Bonchev–Trinajstić information content (AvgIpc) is 3.51. The molecule has 0 amide bonds. The maximum atomic E-state index is 12.9. The molecular formula is C24H29ClO10. The van der Waals surface area contributed by atoms with Crippen LogP contribution in [0.1, 0.15) is 34.6 Å². The van der Waals surface area contributed by atoms with Gasteiger partial charge in [0.25, 0.3) is 0 Å². The first-order valence-corrected chi connectivity index (χ1v) is 11.8. The number of esters is 3. The van der Waals surface area contributed by atoms with Crippen LogP contribution in [0.2, 0.25) is 0 Å². The van der Waals surface area contributed by atoms with Gasteiger partial charge in [-0.05, 0) is 32.1 Å². The third-order valence-electron chi connectivity index (χ3n) is 7.84. The number of ether oxygens (including phenoxy) is 4. The van der Waals surface area contributed by atoms with Crippen LogP contribution >= 0.6 is 11.6 Å². The number of alkyl halides is 1. The van der Waals surface area contributed by atoms with Crippen LogP contribution in [0.25, 0.3) is 0 Å². The SMILES string of the molecule is CC(=O)OC1C=CC2(CO2)C(Cl)C2OC(=O)C(C)C2(O)C(OC(C)=O)C2C(C)(O)C(=O)C=CC12C. The van der Waals surface area contributed by atoms with E-state index in [1.165, 1.54) is 32.9 Å². The van der Waals surface area contributed by atoms with Crippen LogP contribution in [-0.4, -0.2) is 81.0 Å². The van der Waals surface area contributed by atoms with Gasteiger partial charge >= 0.3 is 17.9 Å². The zero-order chi connectivity index (χ0) is 26.1. The second-order valence-electron chi connectivity index (χ2n) is 10.2. The topological polar surface area (TPSA) is 149 Å². The Labute approximate surface area is 207 Å². The monoisotopic (exact) mass is 512 g/mol. The molecule has 0 saturated carbocycles. The minimum atomic E-state index is -2.28. The van der Waals surface area contributed by atoms with Crippen molar-refractivity contribution in [2.24, 2.45) is 17.3 Å². The van der Waals surface area contributed by atoms with E-state index in [9.17, 15) is 29.4 Å².